The first-order valence-corrected chi connectivity index (χ1v) is 10.4. The van der Waals surface area contributed by atoms with Crippen LogP contribution in [0.4, 0.5) is 20.4 Å². The van der Waals surface area contributed by atoms with Gasteiger partial charge in [-0.05, 0) is 26.0 Å². The minimum Gasteiger partial charge on any atom is -0.384 e. The molecule has 8 nitrogen and oxygen atoms in total. The summed E-state index contributed by atoms with van der Waals surface area (Å²) in [6, 6.07) is 2.84. The third-order valence-corrected chi connectivity index (χ3v) is 6.60. The predicted octanol–water partition coefficient (Wildman–Crippen LogP) is 2.18. The lowest BCUT2D eigenvalue weighted by Gasteiger charge is -2.32. The van der Waals surface area contributed by atoms with Crippen molar-refractivity contribution in [2.24, 2.45) is 0 Å². The summed E-state index contributed by atoms with van der Waals surface area (Å²) in [6.45, 7) is 5.08. The van der Waals surface area contributed by atoms with Crippen LogP contribution in [0.15, 0.2) is 28.0 Å². The molecule has 0 saturated carbocycles. The lowest BCUT2D eigenvalue weighted by atomic mass is 10.3. The molecular formula is C18H19F2N5O3S. The Balaban J connectivity index is 1.97. The second kappa shape index (κ2) is 6.92. The average Bonchev–Trinajstić information content (AvgIpc) is 2.97. The van der Waals surface area contributed by atoms with E-state index in [2.05, 4.69) is 15.0 Å². The van der Waals surface area contributed by atoms with Crippen LogP contribution in [0, 0.1) is 18.6 Å². The van der Waals surface area contributed by atoms with E-state index in [0.29, 0.717) is 31.3 Å². The number of rotatable bonds is 3. The summed E-state index contributed by atoms with van der Waals surface area (Å²) < 4.78 is 60.3. The highest BCUT2D eigenvalue weighted by atomic mass is 32.2. The number of aromatic nitrogens is 3. The predicted molar refractivity (Wildman–Crippen MR) is 102 cm³/mol. The lowest BCUT2D eigenvalue weighted by Crippen LogP contribution is -2.41. The first-order chi connectivity index (χ1) is 13.7. The van der Waals surface area contributed by atoms with E-state index in [0.717, 1.165) is 18.2 Å². The fraction of sp³-hybridized carbons (Fsp3) is 0.333. The van der Waals surface area contributed by atoms with Crippen LogP contribution >= 0.6 is 0 Å². The van der Waals surface area contributed by atoms with Crippen molar-refractivity contribution < 1.29 is 21.9 Å². The molecule has 11 heteroatoms. The lowest BCUT2D eigenvalue weighted by molar-refractivity contribution is 0.0530. The summed E-state index contributed by atoms with van der Waals surface area (Å²) in [7, 11) is -4.63. The van der Waals surface area contributed by atoms with Crippen LogP contribution in [0.2, 0.25) is 0 Å². The van der Waals surface area contributed by atoms with Gasteiger partial charge in [0.2, 0.25) is 9.84 Å². The van der Waals surface area contributed by atoms with Gasteiger partial charge in [-0.25, -0.2) is 27.2 Å². The van der Waals surface area contributed by atoms with Gasteiger partial charge in [0.15, 0.2) is 5.82 Å². The topological polar surface area (TPSA) is 114 Å². The van der Waals surface area contributed by atoms with Crippen molar-refractivity contribution in [3.05, 3.63) is 35.7 Å². The number of hydrogen-bond donors (Lipinski definition) is 2. The number of fused-ring (bicyclic) bond motifs is 1. The highest BCUT2D eigenvalue weighted by Crippen LogP contribution is 2.37. The summed E-state index contributed by atoms with van der Waals surface area (Å²) in [5.74, 6) is -1.90. The Morgan fingerprint density at radius 3 is 2.59 bits per heavy atom. The third kappa shape index (κ3) is 3.19. The van der Waals surface area contributed by atoms with Gasteiger partial charge >= 0.3 is 0 Å². The highest BCUT2D eigenvalue weighted by molar-refractivity contribution is 7.92. The normalized spacial score (nSPS) is 17.8. The first-order valence-electron chi connectivity index (χ1n) is 8.91. The minimum atomic E-state index is -4.63. The summed E-state index contributed by atoms with van der Waals surface area (Å²) in [6.07, 6.45) is -0.0444. The van der Waals surface area contributed by atoms with E-state index in [9.17, 15) is 17.2 Å². The van der Waals surface area contributed by atoms with Gasteiger partial charge in [-0.15, -0.1) is 0 Å². The minimum absolute atomic E-state index is 0.00759. The van der Waals surface area contributed by atoms with E-state index in [1.54, 1.807) is 6.92 Å². The molecule has 1 aliphatic heterocycles. The largest absolute Gasteiger partial charge is 0.384 e. The SMILES string of the molecule is Cc1nc(N2CCOC(C)C2)c2[nH]c(N)c(S(=O)(=O)c3c(F)cccc3F)c2n1. The molecule has 1 unspecified atom stereocenters. The van der Waals surface area contributed by atoms with Crippen molar-refractivity contribution in [2.75, 3.05) is 30.3 Å². The van der Waals surface area contributed by atoms with Crippen molar-refractivity contribution in [3.8, 4) is 0 Å². The molecule has 1 fully saturated rings. The number of aryl methyl sites for hydroxylation is 1. The second-order valence-electron chi connectivity index (χ2n) is 6.87. The second-order valence-corrected chi connectivity index (χ2v) is 8.69. The molecule has 0 bridgehead atoms. The number of halogens is 2. The van der Waals surface area contributed by atoms with Gasteiger partial charge in [-0.3, -0.25) is 0 Å². The van der Waals surface area contributed by atoms with E-state index in [1.807, 2.05) is 11.8 Å². The number of hydrogen-bond acceptors (Lipinski definition) is 7. The molecule has 3 aromatic rings. The number of benzene rings is 1. The molecule has 0 radical (unpaired) electrons. The molecule has 2 aromatic heterocycles. The van der Waals surface area contributed by atoms with E-state index >= 15 is 0 Å². The number of nitrogens with two attached hydrogens (primary N) is 1. The Labute approximate surface area is 165 Å². The van der Waals surface area contributed by atoms with E-state index in [4.69, 9.17) is 10.5 Å². The number of anilines is 2. The summed E-state index contributed by atoms with van der Waals surface area (Å²) in [5, 5.41) is 0. The van der Waals surface area contributed by atoms with Crippen LogP contribution in [0.1, 0.15) is 12.7 Å². The van der Waals surface area contributed by atoms with Crippen LogP contribution in [0.5, 0.6) is 0 Å². The Hall–Kier alpha value is -2.79. The molecule has 0 amide bonds. The zero-order valence-corrected chi connectivity index (χ0v) is 16.6. The number of nitrogens with zero attached hydrogens (tertiary/aromatic N) is 3. The first kappa shape index (κ1) is 19.5. The van der Waals surface area contributed by atoms with Crippen molar-refractivity contribution in [1.29, 1.82) is 0 Å². The van der Waals surface area contributed by atoms with Crippen LogP contribution < -0.4 is 10.6 Å². The fourth-order valence-electron chi connectivity index (χ4n) is 3.51. The summed E-state index contributed by atoms with van der Waals surface area (Å²) >= 11 is 0. The standard InChI is InChI=1S/C18H19F2N5O3S/c1-9-8-25(6-7-28-9)18-14-13(22-10(2)23-18)16(17(21)24-14)29(26,27)15-11(19)4-3-5-12(15)20/h3-5,9,24H,6-8,21H2,1-2H3. The van der Waals surface area contributed by atoms with Gasteiger partial charge in [-0.2, -0.15) is 0 Å². The maximum atomic E-state index is 14.2. The molecule has 0 aliphatic carbocycles. The fourth-order valence-corrected chi connectivity index (χ4v) is 5.11. The van der Waals surface area contributed by atoms with Crippen LogP contribution in [-0.4, -0.2) is 49.2 Å². The molecule has 1 saturated heterocycles. The van der Waals surface area contributed by atoms with E-state index in [1.165, 1.54) is 0 Å². The third-order valence-electron chi connectivity index (χ3n) is 4.72. The number of ether oxygens (including phenoxy) is 1. The number of sulfone groups is 1. The molecule has 29 heavy (non-hydrogen) atoms. The number of nitrogen functional groups attached to an aromatic ring is 1. The van der Waals surface area contributed by atoms with Crippen LogP contribution in [0.25, 0.3) is 11.0 Å². The monoisotopic (exact) mass is 423 g/mol. The molecule has 1 aliphatic rings. The van der Waals surface area contributed by atoms with Crippen molar-refractivity contribution in [3.63, 3.8) is 0 Å². The highest BCUT2D eigenvalue weighted by Gasteiger charge is 2.33. The van der Waals surface area contributed by atoms with Gasteiger partial charge in [0.1, 0.15) is 44.1 Å². The molecule has 1 aromatic carbocycles. The Morgan fingerprint density at radius 2 is 1.93 bits per heavy atom. The zero-order chi connectivity index (χ0) is 20.9. The van der Waals surface area contributed by atoms with Gasteiger partial charge in [0, 0.05) is 13.1 Å². The summed E-state index contributed by atoms with van der Waals surface area (Å²) in [4.78, 5) is 11.8. The quantitative estimate of drug-likeness (QED) is 0.664. The van der Waals surface area contributed by atoms with Gasteiger partial charge in [0.05, 0.1) is 12.7 Å². The van der Waals surface area contributed by atoms with Gasteiger partial charge in [0.25, 0.3) is 0 Å². The van der Waals surface area contributed by atoms with Crippen molar-refractivity contribution in [1.82, 2.24) is 15.0 Å². The molecule has 154 valence electrons. The molecule has 3 heterocycles. The number of H-pyrrole nitrogens is 1. The smallest absolute Gasteiger partial charge is 0.218 e. The number of nitrogens with one attached hydrogen (secondary N) is 1. The summed E-state index contributed by atoms with van der Waals surface area (Å²) in [5.41, 5.74) is 6.24. The molecular weight excluding hydrogens is 404 g/mol. The molecule has 1 atom stereocenters. The number of aromatic amines is 1. The Morgan fingerprint density at radius 1 is 1.24 bits per heavy atom. The molecule has 4 rings (SSSR count). The van der Waals surface area contributed by atoms with E-state index < -0.39 is 31.3 Å². The van der Waals surface area contributed by atoms with Crippen molar-refractivity contribution >= 4 is 32.5 Å². The zero-order valence-electron chi connectivity index (χ0n) is 15.7. The maximum absolute atomic E-state index is 14.2. The van der Waals surface area contributed by atoms with Crippen molar-refractivity contribution in [2.45, 2.75) is 29.7 Å². The average molecular weight is 423 g/mol. The van der Waals surface area contributed by atoms with Crippen LogP contribution in [-0.2, 0) is 14.6 Å². The molecule has 3 N–H and O–H groups in total. The Bertz CT molecular complexity index is 1190. The van der Waals surface area contributed by atoms with Gasteiger partial charge < -0.3 is 20.4 Å². The van der Waals surface area contributed by atoms with Gasteiger partial charge in [-0.1, -0.05) is 6.07 Å². The molecule has 0 spiro atoms. The van der Waals surface area contributed by atoms with E-state index in [-0.39, 0.29) is 23.0 Å². The number of morpholine rings is 1. The maximum Gasteiger partial charge on any atom is 0.218 e. The Kier molecular flexibility index (Phi) is 4.66. The van der Waals surface area contributed by atoms with Crippen LogP contribution in [0.3, 0.4) is 0 Å².